The Morgan fingerprint density at radius 1 is 1.69 bits per heavy atom. The number of nitrogens with zero attached hydrogens (tertiary/aromatic N) is 2. The quantitative estimate of drug-likeness (QED) is 0.825. The third kappa shape index (κ3) is 2.83. The van der Waals surface area contributed by atoms with Crippen LogP contribution >= 0.6 is 0 Å². The molecule has 1 aliphatic heterocycles. The van der Waals surface area contributed by atoms with E-state index < -0.39 is 0 Å². The molecule has 0 spiro atoms. The van der Waals surface area contributed by atoms with Gasteiger partial charge in [-0.1, -0.05) is 0 Å². The topological polar surface area (TPSA) is 39.1 Å². The van der Waals surface area contributed by atoms with E-state index >= 15 is 0 Å². The summed E-state index contributed by atoms with van der Waals surface area (Å²) in [5.41, 5.74) is 1.13. The molecule has 2 atom stereocenters. The molecular formula is C12H21N3O. The molecule has 0 saturated carbocycles. The summed E-state index contributed by atoms with van der Waals surface area (Å²) in [5.74, 6) is 0. The van der Waals surface area contributed by atoms with Crippen LogP contribution in [0.3, 0.4) is 0 Å². The fraction of sp³-hybridized carbons (Fsp3) is 0.750. The van der Waals surface area contributed by atoms with Crippen LogP contribution < -0.4 is 5.32 Å². The molecule has 1 fully saturated rings. The predicted molar refractivity (Wildman–Crippen MR) is 63.2 cm³/mol. The molecule has 90 valence electrons. The summed E-state index contributed by atoms with van der Waals surface area (Å²) < 4.78 is 7.49. The van der Waals surface area contributed by atoms with Crippen molar-refractivity contribution in [3.8, 4) is 0 Å². The van der Waals surface area contributed by atoms with Crippen LogP contribution in [-0.4, -0.2) is 29.5 Å². The third-order valence-corrected chi connectivity index (χ3v) is 3.24. The van der Waals surface area contributed by atoms with E-state index in [0.717, 1.165) is 25.1 Å². The van der Waals surface area contributed by atoms with E-state index in [1.807, 2.05) is 25.0 Å². The van der Waals surface area contributed by atoms with Gasteiger partial charge in [0.25, 0.3) is 0 Å². The standard InChI is InChI=1S/C12H21N3O/c1-13-11(12-7-8-15(2)14-12)6-5-10-4-3-9-16-10/h7-8,10-11,13H,3-6,9H2,1-2H3. The summed E-state index contributed by atoms with van der Waals surface area (Å²) >= 11 is 0. The lowest BCUT2D eigenvalue weighted by Crippen LogP contribution is -2.19. The Labute approximate surface area is 97.0 Å². The second kappa shape index (κ2) is 5.46. The molecule has 1 saturated heterocycles. The SMILES string of the molecule is CNC(CCC1CCCO1)c1ccn(C)n1. The average molecular weight is 223 g/mol. The summed E-state index contributed by atoms with van der Waals surface area (Å²) in [6.45, 7) is 0.943. The molecule has 2 rings (SSSR count). The molecule has 2 unspecified atom stereocenters. The van der Waals surface area contributed by atoms with Crippen molar-refractivity contribution in [3.05, 3.63) is 18.0 Å². The van der Waals surface area contributed by atoms with Crippen LogP contribution in [0.4, 0.5) is 0 Å². The zero-order valence-corrected chi connectivity index (χ0v) is 10.1. The lowest BCUT2D eigenvalue weighted by molar-refractivity contribution is 0.0997. The van der Waals surface area contributed by atoms with E-state index in [2.05, 4.69) is 16.5 Å². The average Bonchev–Trinajstić information content (AvgIpc) is 2.91. The predicted octanol–water partition coefficient (Wildman–Crippen LogP) is 1.64. The van der Waals surface area contributed by atoms with E-state index in [1.165, 1.54) is 12.8 Å². The van der Waals surface area contributed by atoms with Crippen molar-refractivity contribution in [2.75, 3.05) is 13.7 Å². The van der Waals surface area contributed by atoms with Gasteiger partial charge in [0.1, 0.15) is 0 Å². The first kappa shape index (κ1) is 11.6. The van der Waals surface area contributed by atoms with Crippen LogP contribution in [0, 0.1) is 0 Å². The van der Waals surface area contributed by atoms with Gasteiger partial charge < -0.3 is 10.1 Å². The van der Waals surface area contributed by atoms with Gasteiger partial charge in [-0.3, -0.25) is 4.68 Å². The van der Waals surface area contributed by atoms with Gasteiger partial charge in [0.2, 0.25) is 0 Å². The van der Waals surface area contributed by atoms with Gasteiger partial charge in [0, 0.05) is 19.9 Å². The summed E-state index contributed by atoms with van der Waals surface area (Å²) in [5, 5.41) is 7.76. The van der Waals surface area contributed by atoms with Crippen LogP contribution in [0.2, 0.25) is 0 Å². The minimum Gasteiger partial charge on any atom is -0.378 e. The normalized spacial score (nSPS) is 22.5. The van der Waals surface area contributed by atoms with Crippen LogP contribution in [0.5, 0.6) is 0 Å². The zero-order chi connectivity index (χ0) is 11.4. The summed E-state index contributed by atoms with van der Waals surface area (Å²) in [6.07, 6.45) is 7.13. The molecule has 1 aromatic rings. The maximum atomic E-state index is 5.64. The summed E-state index contributed by atoms with van der Waals surface area (Å²) in [7, 11) is 3.95. The van der Waals surface area contributed by atoms with Crippen LogP contribution in [-0.2, 0) is 11.8 Å². The summed E-state index contributed by atoms with van der Waals surface area (Å²) in [4.78, 5) is 0. The van der Waals surface area contributed by atoms with Crippen molar-refractivity contribution < 1.29 is 4.74 Å². The Hall–Kier alpha value is -0.870. The Kier molecular flexibility index (Phi) is 3.96. The van der Waals surface area contributed by atoms with Gasteiger partial charge in [0.05, 0.1) is 17.8 Å². The van der Waals surface area contributed by atoms with Crippen LogP contribution in [0.15, 0.2) is 12.3 Å². The maximum Gasteiger partial charge on any atom is 0.0793 e. The van der Waals surface area contributed by atoms with Gasteiger partial charge in [-0.05, 0) is 38.8 Å². The summed E-state index contributed by atoms with van der Waals surface area (Å²) in [6, 6.07) is 2.43. The monoisotopic (exact) mass is 223 g/mol. The molecular weight excluding hydrogens is 202 g/mol. The molecule has 0 amide bonds. The zero-order valence-electron chi connectivity index (χ0n) is 10.1. The van der Waals surface area contributed by atoms with E-state index in [0.29, 0.717) is 12.1 Å². The highest BCUT2D eigenvalue weighted by Gasteiger charge is 2.19. The number of ether oxygens (including phenoxy) is 1. The van der Waals surface area contributed by atoms with Gasteiger partial charge in [-0.2, -0.15) is 5.10 Å². The van der Waals surface area contributed by atoms with Crippen molar-refractivity contribution in [1.29, 1.82) is 0 Å². The van der Waals surface area contributed by atoms with Crippen molar-refractivity contribution in [2.24, 2.45) is 7.05 Å². The molecule has 0 aliphatic carbocycles. The molecule has 0 aromatic carbocycles. The first-order valence-corrected chi connectivity index (χ1v) is 6.08. The van der Waals surface area contributed by atoms with Crippen LogP contribution in [0.25, 0.3) is 0 Å². The second-order valence-electron chi connectivity index (χ2n) is 4.47. The Morgan fingerprint density at radius 2 is 2.56 bits per heavy atom. The van der Waals surface area contributed by atoms with Gasteiger partial charge in [0.15, 0.2) is 0 Å². The number of hydrogen-bond acceptors (Lipinski definition) is 3. The van der Waals surface area contributed by atoms with Crippen molar-refractivity contribution >= 4 is 0 Å². The van der Waals surface area contributed by atoms with Gasteiger partial charge in [-0.25, -0.2) is 0 Å². The molecule has 1 aliphatic rings. The minimum absolute atomic E-state index is 0.352. The number of hydrogen-bond donors (Lipinski definition) is 1. The first-order valence-electron chi connectivity index (χ1n) is 6.08. The largest absolute Gasteiger partial charge is 0.378 e. The Bertz CT molecular complexity index is 318. The van der Waals surface area contributed by atoms with E-state index in [9.17, 15) is 0 Å². The van der Waals surface area contributed by atoms with Crippen molar-refractivity contribution in [3.63, 3.8) is 0 Å². The lowest BCUT2D eigenvalue weighted by Gasteiger charge is -2.16. The fourth-order valence-corrected chi connectivity index (χ4v) is 2.28. The highest BCUT2D eigenvalue weighted by molar-refractivity contribution is 5.05. The van der Waals surface area contributed by atoms with Crippen LogP contribution in [0.1, 0.15) is 37.4 Å². The van der Waals surface area contributed by atoms with Crippen molar-refractivity contribution in [2.45, 2.75) is 37.8 Å². The third-order valence-electron chi connectivity index (χ3n) is 3.24. The molecule has 4 heteroatoms. The number of nitrogens with one attached hydrogen (secondary N) is 1. The molecule has 4 nitrogen and oxygen atoms in total. The fourth-order valence-electron chi connectivity index (χ4n) is 2.28. The Balaban J connectivity index is 1.85. The molecule has 1 N–H and O–H groups in total. The smallest absolute Gasteiger partial charge is 0.0793 e. The minimum atomic E-state index is 0.352. The molecule has 16 heavy (non-hydrogen) atoms. The van der Waals surface area contributed by atoms with Gasteiger partial charge >= 0.3 is 0 Å². The number of aromatic nitrogens is 2. The van der Waals surface area contributed by atoms with E-state index in [1.54, 1.807) is 0 Å². The first-order chi connectivity index (χ1) is 7.79. The number of rotatable bonds is 5. The highest BCUT2D eigenvalue weighted by Crippen LogP contribution is 2.22. The number of aryl methyl sites for hydroxylation is 1. The molecule has 0 radical (unpaired) electrons. The lowest BCUT2D eigenvalue weighted by atomic mass is 10.0. The second-order valence-corrected chi connectivity index (χ2v) is 4.47. The van der Waals surface area contributed by atoms with E-state index in [4.69, 9.17) is 4.74 Å². The maximum absolute atomic E-state index is 5.64. The highest BCUT2D eigenvalue weighted by atomic mass is 16.5. The molecule has 1 aromatic heterocycles. The van der Waals surface area contributed by atoms with E-state index in [-0.39, 0.29) is 0 Å². The molecule has 2 heterocycles. The Morgan fingerprint density at radius 3 is 3.12 bits per heavy atom. The van der Waals surface area contributed by atoms with Gasteiger partial charge in [-0.15, -0.1) is 0 Å². The van der Waals surface area contributed by atoms with Crippen molar-refractivity contribution in [1.82, 2.24) is 15.1 Å². The molecule has 0 bridgehead atoms.